The smallest absolute Gasteiger partial charge is 0.123 e. The zero-order valence-electron chi connectivity index (χ0n) is 13.0. The molecule has 1 aliphatic heterocycles. The average Bonchev–Trinajstić information content (AvgIpc) is 2.52. The molecule has 0 bridgehead atoms. The molecule has 4 heteroatoms. The maximum Gasteiger partial charge on any atom is 0.123 e. The van der Waals surface area contributed by atoms with Crippen LogP contribution in [0.25, 0.3) is 0 Å². The number of hydrogen-bond donors (Lipinski definition) is 1. The van der Waals surface area contributed by atoms with E-state index in [1.54, 1.807) is 0 Å². The van der Waals surface area contributed by atoms with Crippen molar-refractivity contribution in [2.75, 3.05) is 31.1 Å². The second kappa shape index (κ2) is 7.44. The van der Waals surface area contributed by atoms with Crippen LogP contribution in [0.2, 0.25) is 0 Å². The highest BCUT2D eigenvalue weighted by Gasteiger charge is 2.25. The van der Waals surface area contributed by atoms with Gasteiger partial charge in [-0.15, -0.1) is 0 Å². The molecule has 1 aliphatic rings. The van der Waals surface area contributed by atoms with Gasteiger partial charge < -0.3 is 10.0 Å². The average molecular weight is 287 g/mol. The molecule has 1 N–H and O–H groups in total. The molecule has 0 radical (unpaired) electrons. The fourth-order valence-electron chi connectivity index (χ4n) is 2.97. The summed E-state index contributed by atoms with van der Waals surface area (Å²) >= 11 is 0. The predicted molar refractivity (Wildman–Crippen MR) is 85.2 cm³/mol. The molecule has 0 aromatic heterocycles. The van der Waals surface area contributed by atoms with Crippen LogP contribution in [0, 0.1) is 11.3 Å². The molecule has 1 atom stereocenters. The number of hydrogen-bond acceptors (Lipinski definition) is 4. The van der Waals surface area contributed by atoms with E-state index in [1.165, 1.54) is 5.69 Å². The summed E-state index contributed by atoms with van der Waals surface area (Å²) in [6.45, 7) is 7.85. The summed E-state index contributed by atoms with van der Waals surface area (Å²) in [4.78, 5) is 4.46. The Balaban J connectivity index is 2.10. The van der Waals surface area contributed by atoms with E-state index >= 15 is 0 Å². The maximum absolute atomic E-state index is 9.59. The number of rotatable bonds is 5. The Bertz CT molecular complexity index is 468. The van der Waals surface area contributed by atoms with E-state index < -0.39 is 0 Å². The molecule has 1 unspecified atom stereocenters. The third kappa shape index (κ3) is 3.75. The Morgan fingerprint density at radius 1 is 1.24 bits per heavy atom. The van der Waals surface area contributed by atoms with Crippen LogP contribution in [-0.4, -0.2) is 42.3 Å². The number of nitrogens with zero attached hydrogens (tertiary/aromatic N) is 3. The zero-order valence-corrected chi connectivity index (χ0v) is 13.0. The van der Waals surface area contributed by atoms with Crippen molar-refractivity contribution in [3.8, 4) is 6.07 Å². The SMILES string of the molecule is CCN(CC)c1ccc(C(C#N)N2CCC(O)CC2)cc1. The van der Waals surface area contributed by atoms with Crippen LogP contribution < -0.4 is 4.90 Å². The zero-order chi connectivity index (χ0) is 15.2. The summed E-state index contributed by atoms with van der Waals surface area (Å²) in [5.41, 5.74) is 2.25. The van der Waals surface area contributed by atoms with Crippen molar-refractivity contribution in [1.29, 1.82) is 5.26 Å². The number of likely N-dealkylation sites (tertiary alicyclic amines) is 1. The predicted octanol–water partition coefficient (Wildman–Crippen LogP) is 2.55. The minimum absolute atomic E-state index is 0.203. The Kier molecular flexibility index (Phi) is 5.60. The first-order valence-electron chi connectivity index (χ1n) is 7.86. The van der Waals surface area contributed by atoms with Crippen molar-refractivity contribution in [2.24, 2.45) is 0 Å². The molecule has 2 rings (SSSR count). The number of aliphatic hydroxyl groups excluding tert-OH is 1. The van der Waals surface area contributed by atoms with E-state index in [0.717, 1.165) is 44.6 Å². The molecule has 1 saturated heterocycles. The van der Waals surface area contributed by atoms with Gasteiger partial charge in [0, 0.05) is 31.9 Å². The van der Waals surface area contributed by atoms with Crippen LogP contribution in [0.3, 0.4) is 0 Å². The summed E-state index contributed by atoms with van der Waals surface area (Å²) in [6, 6.07) is 10.5. The van der Waals surface area contributed by atoms with Gasteiger partial charge in [0.2, 0.25) is 0 Å². The van der Waals surface area contributed by atoms with Gasteiger partial charge in [0.15, 0.2) is 0 Å². The molecule has 21 heavy (non-hydrogen) atoms. The minimum Gasteiger partial charge on any atom is -0.393 e. The summed E-state index contributed by atoms with van der Waals surface area (Å²) in [6.07, 6.45) is 1.32. The molecule has 4 nitrogen and oxygen atoms in total. The van der Waals surface area contributed by atoms with Gasteiger partial charge >= 0.3 is 0 Å². The molecular weight excluding hydrogens is 262 g/mol. The Morgan fingerprint density at radius 2 is 1.81 bits per heavy atom. The van der Waals surface area contributed by atoms with Gasteiger partial charge in [-0.3, -0.25) is 4.90 Å². The van der Waals surface area contributed by atoms with Crippen molar-refractivity contribution in [1.82, 2.24) is 4.90 Å². The Labute approximate surface area is 127 Å². The summed E-state index contributed by atoms with van der Waals surface area (Å²) in [5, 5.41) is 19.1. The number of benzene rings is 1. The molecule has 114 valence electrons. The van der Waals surface area contributed by atoms with Gasteiger partial charge in [-0.2, -0.15) is 5.26 Å². The van der Waals surface area contributed by atoms with Crippen LogP contribution in [0.5, 0.6) is 0 Å². The first-order valence-corrected chi connectivity index (χ1v) is 7.86. The minimum atomic E-state index is -0.205. The molecule has 0 spiro atoms. The van der Waals surface area contributed by atoms with Gasteiger partial charge in [-0.25, -0.2) is 0 Å². The topological polar surface area (TPSA) is 50.5 Å². The van der Waals surface area contributed by atoms with E-state index in [2.05, 4.69) is 54.0 Å². The maximum atomic E-state index is 9.59. The lowest BCUT2D eigenvalue weighted by molar-refractivity contribution is 0.0716. The fourth-order valence-corrected chi connectivity index (χ4v) is 2.97. The monoisotopic (exact) mass is 287 g/mol. The number of anilines is 1. The van der Waals surface area contributed by atoms with Gasteiger partial charge in [-0.05, 0) is 44.4 Å². The summed E-state index contributed by atoms with van der Waals surface area (Å²) in [7, 11) is 0. The van der Waals surface area contributed by atoms with E-state index in [9.17, 15) is 10.4 Å². The van der Waals surface area contributed by atoms with Gasteiger partial charge in [0.1, 0.15) is 6.04 Å². The van der Waals surface area contributed by atoms with E-state index in [1.807, 2.05) is 0 Å². The highest BCUT2D eigenvalue weighted by molar-refractivity contribution is 5.48. The van der Waals surface area contributed by atoms with Crippen molar-refractivity contribution in [2.45, 2.75) is 38.8 Å². The molecule has 0 aliphatic carbocycles. The second-order valence-corrected chi connectivity index (χ2v) is 5.56. The lowest BCUT2D eigenvalue weighted by atomic mass is 10.0. The van der Waals surface area contributed by atoms with Crippen LogP contribution in [-0.2, 0) is 0 Å². The number of piperidine rings is 1. The number of nitriles is 1. The first-order chi connectivity index (χ1) is 10.2. The molecule has 0 saturated carbocycles. The van der Waals surface area contributed by atoms with Crippen LogP contribution in [0.15, 0.2) is 24.3 Å². The van der Waals surface area contributed by atoms with Crippen molar-refractivity contribution in [3.63, 3.8) is 0 Å². The van der Waals surface area contributed by atoms with E-state index in [0.29, 0.717) is 0 Å². The molecule has 0 amide bonds. The summed E-state index contributed by atoms with van der Waals surface area (Å²) < 4.78 is 0. The highest BCUT2D eigenvalue weighted by atomic mass is 16.3. The number of aliphatic hydroxyl groups is 1. The fraction of sp³-hybridized carbons (Fsp3) is 0.588. The van der Waals surface area contributed by atoms with Gasteiger partial charge in [-0.1, -0.05) is 12.1 Å². The van der Waals surface area contributed by atoms with Crippen LogP contribution in [0.4, 0.5) is 5.69 Å². The van der Waals surface area contributed by atoms with Gasteiger partial charge in [0.25, 0.3) is 0 Å². The molecule has 1 aromatic carbocycles. The lowest BCUT2D eigenvalue weighted by Gasteiger charge is -2.33. The van der Waals surface area contributed by atoms with Crippen molar-refractivity contribution in [3.05, 3.63) is 29.8 Å². The Morgan fingerprint density at radius 3 is 2.29 bits per heavy atom. The van der Waals surface area contributed by atoms with Crippen LogP contribution in [0.1, 0.15) is 38.3 Å². The van der Waals surface area contributed by atoms with Crippen molar-refractivity contribution >= 4 is 5.69 Å². The van der Waals surface area contributed by atoms with Gasteiger partial charge in [0.05, 0.1) is 12.2 Å². The quantitative estimate of drug-likeness (QED) is 0.904. The lowest BCUT2D eigenvalue weighted by Crippen LogP contribution is -2.38. The van der Waals surface area contributed by atoms with E-state index in [4.69, 9.17) is 0 Å². The standard InChI is InChI=1S/C17H25N3O/c1-3-19(4-2)15-7-5-14(6-8-15)17(13-18)20-11-9-16(21)10-12-20/h5-8,16-17,21H,3-4,9-12H2,1-2H3. The molecular formula is C17H25N3O. The molecule has 1 heterocycles. The van der Waals surface area contributed by atoms with E-state index in [-0.39, 0.29) is 12.1 Å². The third-order valence-electron chi connectivity index (χ3n) is 4.32. The highest BCUT2D eigenvalue weighted by Crippen LogP contribution is 2.26. The summed E-state index contributed by atoms with van der Waals surface area (Å²) in [5.74, 6) is 0. The van der Waals surface area contributed by atoms with Crippen molar-refractivity contribution < 1.29 is 5.11 Å². The third-order valence-corrected chi connectivity index (χ3v) is 4.32. The molecule has 1 aromatic rings. The second-order valence-electron chi connectivity index (χ2n) is 5.56. The first kappa shape index (κ1) is 15.8. The molecule has 1 fully saturated rings. The Hall–Kier alpha value is -1.57. The normalized spacial score (nSPS) is 18.2. The largest absolute Gasteiger partial charge is 0.393 e. The van der Waals surface area contributed by atoms with Crippen LogP contribution >= 0.6 is 0 Å².